The lowest BCUT2D eigenvalue weighted by Gasteiger charge is -2.38. The smallest absolute Gasteiger partial charge is 0.408 e. The maximum Gasteiger partial charge on any atom is 0.408 e. The minimum Gasteiger partial charge on any atom is -0.459 e. The molecule has 0 aliphatic rings. The first-order valence-electron chi connectivity index (χ1n) is 19.6. The molecule has 2 unspecified atom stereocenters. The van der Waals surface area contributed by atoms with Crippen molar-refractivity contribution in [2.24, 2.45) is 17.8 Å². The predicted octanol–water partition coefficient (Wildman–Crippen LogP) is 3.83. The summed E-state index contributed by atoms with van der Waals surface area (Å²) in [6, 6.07) is 2.06. The van der Waals surface area contributed by atoms with Gasteiger partial charge in [0.15, 0.2) is 0 Å². The molecule has 1 aromatic rings. The van der Waals surface area contributed by atoms with Gasteiger partial charge in [0.2, 0.25) is 17.7 Å². The van der Waals surface area contributed by atoms with Crippen molar-refractivity contribution in [2.75, 3.05) is 34.4 Å². The van der Waals surface area contributed by atoms with Crippen LogP contribution in [0.5, 0.6) is 0 Å². The second-order valence-electron chi connectivity index (χ2n) is 16.3. The zero-order valence-electron chi connectivity index (χ0n) is 36.1. The van der Waals surface area contributed by atoms with Crippen molar-refractivity contribution >= 4 is 41.6 Å². The molecule has 57 heavy (non-hydrogen) atoms. The highest BCUT2D eigenvalue weighted by molar-refractivity contribution is 6.05. The molecule has 0 fully saturated rings. The van der Waals surface area contributed by atoms with Crippen molar-refractivity contribution < 1.29 is 47.4 Å². The molecule has 0 aliphatic heterocycles. The van der Waals surface area contributed by atoms with Gasteiger partial charge in [0.05, 0.1) is 13.2 Å². The van der Waals surface area contributed by atoms with Crippen LogP contribution < -0.4 is 16.0 Å². The average molecular weight is 807 g/mol. The number of carbonyl (C=O) groups is 7. The number of likely N-dealkylation sites (N-methyl/N-ethyl adjacent to an activating group) is 3. The van der Waals surface area contributed by atoms with Crippen LogP contribution in [0.25, 0.3) is 0 Å². The van der Waals surface area contributed by atoms with E-state index < -0.39 is 84.1 Å². The Morgan fingerprint density at radius 1 is 0.789 bits per heavy atom. The van der Waals surface area contributed by atoms with Crippen LogP contribution in [0, 0.1) is 17.8 Å². The summed E-state index contributed by atoms with van der Waals surface area (Å²) in [5.41, 5.74) is -0.248. The van der Waals surface area contributed by atoms with Gasteiger partial charge >= 0.3 is 12.1 Å². The number of hydrogen-bond donors (Lipinski definition) is 3. The lowest BCUT2D eigenvalue weighted by Crippen LogP contribution is -2.63. The molecule has 6 atom stereocenters. The summed E-state index contributed by atoms with van der Waals surface area (Å²) < 4.78 is 25.3. The largest absolute Gasteiger partial charge is 0.459 e. The normalized spacial score (nSPS) is 14.7. The Labute approximate surface area is 338 Å². The number of alkyl halides is 1. The van der Waals surface area contributed by atoms with Crippen molar-refractivity contribution in [3.05, 3.63) is 35.9 Å². The maximum atomic E-state index is 14.8. The van der Waals surface area contributed by atoms with E-state index in [-0.39, 0.29) is 50.2 Å². The summed E-state index contributed by atoms with van der Waals surface area (Å²) in [5.74, 6) is -6.04. The Morgan fingerprint density at radius 2 is 1.35 bits per heavy atom. The molecule has 0 aliphatic carbocycles. The fourth-order valence-corrected chi connectivity index (χ4v) is 5.93. The third-order valence-corrected chi connectivity index (χ3v) is 9.18. The number of amides is 6. The van der Waals surface area contributed by atoms with Crippen LogP contribution in [0.2, 0.25) is 0 Å². The maximum absolute atomic E-state index is 14.8. The molecule has 322 valence electrons. The molecule has 0 heterocycles. The van der Waals surface area contributed by atoms with Gasteiger partial charge in [-0.1, -0.05) is 71.9 Å². The van der Waals surface area contributed by atoms with Gasteiger partial charge in [0.25, 0.3) is 11.8 Å². The number of hydrogen-bond acceptors (Lipinski definition) is 10. The van der Waals surface area contributed by atoms with Crippen molar-refractivity contribution in [1.29, 1.82) is 0 Å². The molecular formula is C41H67FN6O9. The van der Waals surface area contributed by atoms with Crippen molar-refractivity contribution in [2.45, 2.75) is 131 Å². The Balaban J connectivity index is 3.72. The van der Waals surface area contributed by atoms with Crippen LogP contribution in [0.15, 0.2) is 30.3 Å². The molecule has 16 heteroatoms. The van der Waals surface area contributed by atoms with E-state index in [0.29, 0.717) is 10.5 Å². The monoisotopic (exact) mass is 806 g/mol. The van der Waals surface area contributed by atoms with Crippen LogP contribution in [-0.4, -0.2) is 126 Å². The third kappa shape index (κ3) is 16.1. The number of rotatable bonds is 21. The number of imide groups is 1. The summed E-state index contributed by atoms with van der Waals surface area (Å²) in [5, 5.41) is 7.92. The van der Waals surface area contributed by atoms with Crippen LogP contribution in [0.4, 0.5) is 9.18 Å². The standard InChI is InChI=1S/C41H67FN6O9/c1-14-30(44-40(55)57-41(8,9)10)36(51)48(28(7)39(54)56-24-29-18-16-15-17-19-29)37(52)32(21-26(4)5)47(13)38(53)34(27(6)22-42)45-35(50)31(20-25(2)3)46(12)33(49)23-43-11/h15-19,25-28,30-32,34,43H,14,20-24H2,1-13H3,(H,44,55)(H,45,50)/t27?,28-,30?,31-,32-,34-/m0/s1. The van der Waals surface area contributed by atoms with Gasteiger partial charge in [0.1, 0.15) is 42.4 Å². The summed E-state index contributed by atoms with van der Waals surface area (Å²) in [6.45, 7) is 15.4. The Bertz CT molecular complexity index is 1500. The number of nitrogens with one attached hydrogen (secondary N) is 3. The predicted molar refractivity (Wildman–Crippen MR) is 214 cm³/mol. The van der Waals surface area contributed by atoms with Gasteiger partial charge in [-0.05, 0) is 71.4 Å². The summed E-state index contributed by atoms with van der Waals surface area (Å²) in [6.07, 6.45) is -0.678. The molecule has 15 nitrogen and oxygen atoms in total. The highest BCUT2D eigenvalue weighted by Crippen LogP contribution is 2.21. The van der Waals surface area contributed by atoms with E-state index in [1.54, 1.807) is 78.9 Å². The van der Waals surface area contributed by atoms with Crippen LogP contribution in [-0.2, 0) is 44.8 Å². The minimum atomic E-state index is -1.52. The zero-order chi connectivity index (χ0) is 43.8. The molecule has 3 N–H and O–H groups in total. The lowest BCUT2D eigenvalue weighted by molar-refractivity contribution is -0.165. The second-order valence-corrected chi connectivity index (χ2v) is 16.3. The van der Waals surface area contributed by atoms with Gasteiger partial charge in [-0.25, -0.2) is 9.59 Å². The Morgan fingerprint density at radius 3 is 1.84 bits per heavy atom. The number of ether oxygens (including phenoxy) is 2. The molecule has 1 rings (SSSR count). The number of benzene rings is 1. The first kappa shape index (κ1) is 50.4. The first-order valence-corrected chi connectivity index (χ1v) is 19.6. The van der Waals surface area contributed by atoms with E-state index in [1.807, 2.05) is 13.8 Å². The summed E-state index contributed by atoms with van der Waals surface area (Å²) >= 11 is 0. The van der Waals surface area contributed by atoms with E-state index in [9.17, 15) is 38.0 Å². The molecule has 6 amide bonds. The fourth-order valence-electron chi connectivity index (χ4n) is 5.93. The number of halogens is 1. The number of carbonyl (C=O) groups excluding carboxylic acids is 7. The first-order chi connectivity index (χ1) is 26.5. The summed E-state index contributed by atoms with van der Waals surface area (Å²) in [4.78, 5) is 99.7. The third-order valence-electron chi connectivity index (χ3n) is 9.18. The van der Waals surface area contributed by atoms with E-state index >= 15 is 0 Å². The topological polar surface area (TPSA) is 184 Å². The molecule has 0 saturated carbocycles. The number of esters is 1. The highest BCUT2D eigenvalue weighted by atomic mass is 19.1. The van der Waals surface area contributed by atoms with Crippen LogP contribution >= 0.6 is 0 Å². The molecule has 0 bridgehead atoms. The van der Waals surface area contributed by atoms with Gasteiger partial charge in [-0.15, -0.1) is 0 Å². The lowest BCUT2D eigenvalue weighted by atomic mass is 9.96. The highest BCUT2D eigenvalue weighted by Gasteiger charge is 2.44. The molecule has 1 aromatic carbocycles. The zero-order valence-corrected chi connectivity index (χ0v) is 36.1. The average Bonchev–Trinajstić information content (AvgIpc) is 3.14. The quantitative estimate of drug-likeness (QED) is 0.154. The molecule has 0 saturated heterocycles. The second kappa shape index (κ2) is 23.6. The van der Waals surface area contributed by atoms with Gasteiger partial charge < -0.3 is 35.2 Å². The SMILES string of the molecule is CCC(NC(=O)OC(C)(C)C)C(=O)N(C(=O)[C@H](CC(C)C)N(C)C(=O)[C@@H](NC(=O)[C@H](CC(C)C)N(C)C(=O)CNC)C(C)CF)[C@@H](C)C(=O)OCc1ccccc1. The molecular weight excluding hydrogens is 739 g/mol. The van der Waals surface area contributed by atoms with E-state index in [0.717, 1.165) is 4.90 Å². The van der Waals surface area contributed by atoms with E-state index in [2.05, 4.69) is 16.0 Å². The van der Waals surface area contributed by atoms with Crippen LogP contribution in [0.1, 0.15) is 94.1 Å². The van der Waals surface area contributed by atoms with Crippen molar-refractivity contribution in [3.63, 3.8) is 0 Å². The number of nitrogens with zero attached hydrogens (tertiary/aromatic N) is 3. The summed E-state index contributed by atoms with van der Waals surface area (Å²) in [7, 11) is 4.38. The van der Waals surface area contributed by atoms with E-state index in [1.165, 1.54) is 32.8 Å². The molecule has 0 aromatic heterocycles. The van der Waals surface area contributed by atoms with E-state index in [4.69, 9.17) is 9.47 Å². The minimum absolute atomic E-state index is 0.00217. The van der Waals surface area contributed by atoms with Crippen molar-refractivity contribution in [3.8, 4) is 0 Å². The number of alkyl carbamates (subject to hydrolysis) is 1. The molecule has 0 radical (unpaired) electrons. The Hall–Kier alpha value is -4.60. The molecule has 0 spiro atoms. The Kier molecular flexibility index (Phi) is 20.9. The van der Waals surface area contributed by atoms with Gasteiger partial charge in [-0.3, -0.25) is 33.3 Å². The van der Waals surface area contributed by atoms with Crippen LogP contribution in [0.3, 0.4) is 0 Å². The van der Waals surface area contributed by atoms with Gasteiger partial charge in [0, 0.05) is 20.0 Å². The van der Waals surface area contributed by atoms with Gasteiger partial charge in [-0.2, -0.15) is 0 Å². The fraction of sp³-hybridized carbons (Fsp3) is 0.683. The van der Waals surface area contributed by atoms with Crippen molar-refractivity contribution in [1.82, 2.24) is 30.7 Å².